The third-order valence-electron chi connectivity index (χ3n) is 10.3. The van der Waals surface area contributed by atoms with Gasteiger partial charge in [-0.2, -0.15) is 0 Å². The zero-order chi connectivity index (χ0) is 36.7. The lowest BCUT2D eigenvalue weighted by Gasteiger charge is -2.35. The van der Waals surface area contributed by atoms with Crippen molar-refractivity contribution in [1.82, 2.24) is 25.6 Å². The first kappa shape index (κ1) is 36.5. The average molecular weight is 726 g/mol. The highest BCUT2D eigenvalue weighted by Gasteiger charge is 2.62. The van der Waals surface area contributed by atoms with Crippen molar-refractivity contribution < 1.29 is 41.9 Å². The van der Waals surface area contributed by atoms with Gasteiger partial charge in [-0.15, -0.1) is 6.58 Å². The van der Waals surface area contributed by atoms with E-state index in [2.05, 4.69) is 27.3 Å². The highest BCUT2D eigenvalue weighted by Crippen LogP contribution is 2.45. The summed E-state index contributed by atoms with van der Waals surface area (Å²) in [5.74, 6) is -3.25. The molecule has 1 aromatic carbocycles. The van der Waals surface area contributed by atoms with Crippen molar-refractivity contribution in [2.45, 2.75) is 107 Å². The number of esters is 1. The van der Waals surface area contributed by atoms with Gasteiger partial charge in [0, 0.05) is 18.9 Å². The van der Waals surface area contributed by atoms with Crippen molar-refractivity contribution >= 4 is 45.9 Å². The zero-order valence-electron chi connectivity index (χ0n) is 29.2. The predicted octanol–water partition coefficient (Wildman–Crippen LogP) is 1.83. The summed E-state index contributed by atoms with van der Waals surface area (Å²) in [5.41, 5.74) is 0.704. The lowest BCUT2D eigenvalue weighted by Crippen LogP contribution is -2.60. The first-order chi connectivity index (χ1) is 24.1. The van der Waals surface area contributed by atoms with Crippen LogP contribution < -0.4 is 20.7 Å². The largest absolute Gasteiger partial charge is 0.459 e. The van der Waals surface area contributed by atoms with Crippen molar-refractivity contribution in [1.29, 1.82) is 0 Å². The maximum atomic E-state index is 14.3. The van der Waals surface area contributed by atoms with Gasteiger partial charge in [-0.3, -0.25) is 29.2 Å². The van der Waals surface area contributed by atoms with Gasteiger partial charge in [-0.05, 0) is 60.6 Å². The number of nitrogens with one attached hydrogen (secondary N) is 4. The van der Waals surface area contributed by atoms with E-state index in [1.165, 1.54) is 11.0 Å². The smallest absolute Gasteiger partial charge is 0.407 e. The summed E-state index contributed by atoms with van der Waals surface area (Å²) in [7, 11) is -3.91. The molecule has 276 valence electrons. The van der Waals surface area contributed by atoms with Crippen LogP contribution in [-0.4, -0.2) is 91.3 Å². The van der Waals surface area contributed by atoms with E-state index in [4.69, 9.17) is 9.47 Å². The van der Waals surface area contributed by atoms with Gasteiger partial charge in [0.25, 0.3) is 5.91 Å². The number of amides is 4. The molecule has 1 unspecified atom stereocenters. The topological polar surface area (TPSA) is 189 Å². The monoisotopic (exact) mass is 725 g/mol. The van der Waals surface area contributed by atoms with Crippen molar-refractivity contribution in [3.63, 3.8) is 0 Å². The highest BCUT2D eigenvalue weighted by molar-refractivity contribution is 7.91. The summed E-state index contributed by atoms with van der Waals surface area (Å²) < 4.78 is 38.8. The van der Waals surface area contributed by atoms with Gasteiger partial charge in [0.15, 0.2) is 0 Å². The number of fused-ring (bicyclic) bond motifs is 10. The van der Waals surface area contributed by atoms with Crippen molar-refractivity contribution in [2.24, 2.45) is 11.3 Å². The van der Waals surface area contributed by atoms with E-state index in [-0.39, 0.29) is 26.0 Å². The number of benzene rings is 1. The molecule has 2 aliphatic carbocycles. The molecule has 3 fully saturated rings. The molecule has 4 amide bonds. The first-order valence-electron chi connectivity index (χ1n) is 17.6. The number of sulfonamides is 1. The summed E-state index contributed by atoms with van der Waals surface area (Å²) in [5, 5.41) is 8.04. The highest BCUT2D eigenvalue weighted by atomic mass is 32.2. The van der Waals surface area contributed by atoms with Crippen molar-refractivity contribution in [3.8, 4) is 0 Å². The van der Waals surface area contributed by atoms with Gasteiger partial charge >= 0.3 is 12.1 Å². The van der Waals surface area contributed by atoms with E-state index >= 15 is 0 Å². The number of nitrogens with zero attached hydrogens (tertiary/aromatic N) is 1. The zero-order valence-corrected chi connectivity index (χ0v) is 30.1. The van der Waals surface area contributed by atoms with E-state index in [0.29, 0.717) is 38.6 Å². The molecule has 1 aromatic rings. The SMILES string of the molecule is C=C[C@@H]1C[C@]1(NC(=O)[C@@H]1C[C@@H]2CN1C(=O)[C@H](C(C)(C)C)NC(=O)OCCCC=Cc1cccc3c1CNC(C3)C(=O)O2)C(=O)NS(=O)(=O)C1CC1. The molecule has 0 spiro atoms. The van der Waals surface area contributed by atoms with Crippen LogP contribution in [0.5, 0.6) is 0 Å². The van der Waals surface area contributed by atoms with Crippen LogP contribution in [0.3, 0.4) is 0 Å². The summed E-state index contributed by atoms with van der Waals surface area (Å²) in [6.07, 6.45) is 6.35. The summed E-state index contributed by atoms with van der Waals surface area (Å²) >= 11 is 0. The van der Waals surface area contributed by atoms with Gasteiger partial charge < -0.3 is 25.0 Å². The third kappa shape index (κ3) is 7.83. The Bertz CT molecular complexity index is 1750. The molecule has 15 heteroatoms. The van der Waals surface area contributed by atoms with Gasteiger partial charge in [0.1, 0.15) is 29.8 Å². The maximum Gasteiger partial charge on any atom is 0.407 e. The van der Waals surface area contributed by atoms with Crippen molar-refractivity contribution in [2.75, 3.05) is 13.2 Å². The van der Waals surface area contributed by atoms with Crippen LogP contribution in [0.2, 0.25) is 0 Å². The number of ether oxygens (including phenoxy) is 2. The summed E-state index contributed by atoms with van der Waals surface area (Å²) in [6.45, 7) is 9.44. The third-order valence-corrected chi connectivity index (χ3v) is 12.2. The fourth-order valence-electron chi connectivity index (χ4n) is 7.09. The van der Waals surface area contributed by atoms with Gasteiger partial charge in [0.2, 0.25) is 21.8 Å². The molecule has 0 aromatic heterocycles. The Kier molecular flexibility index (Phi) is 10.1. The first-order valence-corrected chi connectivity index (χ1v) is 19.1. The normalized spacial score (nSPS) is 30.1. The molecule has 6 atom stereocenters. The molecule has 1 saturated heterocycles. The van der Waals surface area contributed by atoms with Crippen LogP contribution in [0.15, 0.2) is 36.9 Å². The second-order valence-electron chi connectivity index (χ2n) is 15.2. The van der Waals surface area contributed by atoms with Gasteiger partial charge in [-0.25, -0.2) is 13.2 Å². The summed E-state index contributed by atoms with van der Waals surface area (Å²) in [6, 6.07) is 2.92. The number of carbonyl (C=O) groups is 5. The lowest BCUT2D eigenvalue weighted by atomic mass is 9.85. The number of carbonyl (C=O) groups excluding carboxylic acids is 5. The van der Waals surface area contributed by atoms with Gasteiger partial charge in [0.05, 0.1) is 18.4 Å². The second-order valence-corrected chi connectivity index (χ2v) is 17.2. The maximum absolute atomic E-state index is 14.3. The Morgan fingerprint density at radius 2 is 1.92 bits per heavy atom. The van der Waals surface area contributed by atoms with E-state index in [9.17, 15) is 32.4 Å². The van der Waals surface area contributed by atoms with Crippen LogP contribution in [0, 0.1) is 11.3 Å². The minimum absolute atomic E-state index is 0.0836. The Balaban J connectivity index is 1.27. The molecule has 4 aliphatic heterocycles. The lowest BCUT2D eigenvalue weighted by molar-refractivity contribution is -0.152. The average Bonchev–Trinajstić information content (AvgIpc) is 4.00. The minimum atomic E-state index is -3.91. The molecular formula is C36H47N5O9S. The number of allylic oxidation sites excluding steroid dienone is 1. The van der Waals surface area contributed by atoms with Crippen molar-refractivity contribution in [3.05, 3.63) is 53.6 Å². The fourth-order valence-corrected chi connectivity index (χ4v) is 8.46. The van der Waals surface area contributed by atoms with Crippen LogP contribution in [0.4, 0.5) is 4.79 Å². The second kappa shape index (κ2) is 14.1. The minimum Gasteiger partial charge on any atom is -0.459 e. The molecule has 6 aliphatic rings. The van der Waals surface area contributed by atoms with Crippen LogP contribution in [0.1, 0.15) is 76.0 Å². The Hall–Kier alpha value is -4.24. The van der Waals surface area contributed by atoms with Crippen LogP contribution >= 0.6 is 0 Å². The number of hydrogen-bond donors (Lipinski definition) is 4. The fraction of sp³-hybridized carbons (Fsp3) is 0.583. The number of alkyl carbamates (subject to hydrolysis) is 1. The molecular weight excluding hydrogens is 678 g/mol. The quantitative estimate of drug-likeness (QED) is 0.249. The molecule has 4 N–H and O–H groups in total. The van der Waals surface area contributed by atoms with Gasteiger partial charge in [-0.1, -0.05) is 57.2 Å². The van der Waals surface area contributed by atoms with Crippen LogP contribution in [-0.2, 0) is 51.6 Å². The Morgan fingerprint density at radius 1 is 1.16 bits per heavy atom. The number of rotatable bonds is 6. The molecule has 14 nitrogen and oxygen atoms in total. The van der Waals surface area contributed by atoms with E-state index in [1.54, 1.807) is 20.8 Å². The van der Waals surface area contributed by atoms with E-state index in [1.807, 2.05) is 30.4 Å². The molecule has 4 heterocycles. The number of hydrogen-bond acceptors (Lipinski definition) is 10. The van der Waals surface area contributed by atoms with E-state index in [0.717, 1.165) is 16.7 Å². The molecule has 0 radical (unpaired) electrons. The molecule has 7 rings (SSSR count). The molecule has 6 bridgehead atoms. The summed E-state index contributed by atoms with van der Waals surface area (Å²) in [4.78, 5) is 69.7. The Morgan fingerprint density at radius 3 is 2.61 bits per heavy atom. The van der Waals surface area contributed by atoms with Crippen LogP contribution in [0.25, 0.3) is 6.08 Å². The Labute approximate surface area is 298 Å². The molecule has 51 heavy (non-hydrogen) atoms. The molecule has 2 saturated carbocycles. The predicted molar refractivity (Wildman–Crippen MR) is 186 cm³/mol. The standard InChI is InChI=1S/C36H47N5O9S/c1-5-23-18-36(23,33(45)40-51(47,48)25-13-14-25)39-30(42)28-17-24-20-41(28)31(43)29(35(2,3)4)38-34(46)49-15-8-6-7-10-21-11-9-12-22-16-27(32(44)50-24)37-19-26(21)22/h5,7,9-12,23-25,27-29,37H,1,6,8,13-20H2,2-4H3,(H,38,46)(H,39,42)(H,40,45)/t23-,24-,27?,28+,29-,36-/m1/s1. The van der Waals surface area contributed by atoms with E-state index < -0.39 is 86.2 Å².